The Labute approximate surface area is 80.9 Å². The zero-order chi connectivity index (χ0) is 10.1. The number of aliphatic imine (C=N–C) groups is 1. The largest absolute Gasteiger partial charge is 0.294 e. The zero-order valence-corrected chi connectivity index (χ0v) is 8.03. The predicted molar refractivity (Wildman–Crippen MR) is 54.2 cm³/mol. The van der Waals surface area contributed by atoms with Crippen LogP contribution in [0.5, 0.6) is 0 Å². The minimum Gasteiger partial charge on any atom is -0.294 e. The van der Waals surface area contributed by atoms with Gasteiger partial charge in [-0.05, 0) is 12.1 Å². The summed E-state index contributed by atoms with van der Waals surface area (Å²) in [5.41, 5.74) is 1.35. The third-order valence-electron chi connectivity index (χ3n) is 2.11. The number of halogens is 1. The predicted octanol–water partition coefficient (Wildman–Crippen LogP) is 1.76. The summed E-state index contributed by atoms with van der Waals surface area (Å²) in [6.07, 6.45) is 1.56. The van der Waals surface area contributed by atoms with Gasteiger partial charge in [-0.2, -0.15) is 5.10 Å². The van der Waals surface area contributed by atoms with E-state index < -0.39 is 0 Å². The van der Waals surface area contributed by atoms with Gasteiger partial charge in [-0.15, -0.1) is 0 Å². The molecule has 0 aliphatic heterocycles. The van der Waals surface area contributed by atoms with Gasteiger partial charge in [-0.1, -0.05) is 6.07 Å². The number of fused-ring (bicyclic) bond motifs is 1. The van der Waals surface area contributed by atoms with E-state index in [1.807, 2.05) is 6.07 Å². The first-order valence-corrected chi connectivity index (χ1v) is 4.27. The van der Waals surface area contributed by atoms with E-state index in [0.29, 0.717) is 11.1 Å². The van der Waals surface area contributed by atoms with Gasteiger partial charge in [-0.3, -0.25) is 9.67 Å². The van der Waals surface area contributed by atoms with Crippen LogP contribution in [0.25, 0.3) is 10.9 Å². The third kappa shape index (κ3) is 1.19. The molecule has 0 aliphatic rings. The van der Waals surface area contributed by atoms with E-state index in [9.17, 15) is 4.39 Å². The summed E-state index contributed by atoms with van der Waals surface area (Å²) >= 11 is 0. The number of hydrogen-bond acceptors (Lipinski definition) is 2. The van der Waals surface area contributed by atoms with E-state index in [-0.39, 0.29) is 5.82 Å². The first-order chi connectivity index (χ1) is 6.74. The van der Waals surface area contributed by atoms with E-state index in [1.165, 1.54) is 6.07 Å². The molecule has 0 unspecified atom stereocenters. The maximum absolute atomic E-state index is 13.5. The average molecular weight is 191 g/mol. The molecule has 2 rings (SSSR count). The Morgan fingerprint density at radius 3 is 3.00 bits per heavy atom. The third-order valence-corrected chi connectivity index (χ3v) is 2.11. The van der Waals surface area contributed by atoms with Gasteiger partial charge in [0, 0.05) is 20.3 Å². The lowest BCUT2D eigenvalue weighted by atomic mass is 10.2. The lowest BCUT2D eigenvalue weighted by Gasteiger charge is -1.93. The Morgan fingerprint density at radius 1 is 1.50 bits per heavy atom. The van der Waals surface area contributed by atoms with Crippen LogP contribution >= 0.6 is 0 Å². The molecule has 0 amide bonds. The smallest absolute Gasteiger partial charge is 0.134 e. The fourth-order valence-corrected chi connectivity index (χ4v) is 1.51. The standard InChI is InChI=1S/C10H10FN3/c1-12-6-8-10-7(11)4-3-5-9(10)14(2)13-8/h3-6H,1-2H3. The maximum Gasteiger partial charge on any atom is 0.134 e. The summed E-state index contributed by atoms with van der Waals surface area (Å²) in [4.78, 5) is 3.84. The summed E-state index contributed by atoms with van der Waals surface area (Å²) < 4.78 is 15.1. The molecule has 72 valence electrons. The molecule has 0 spiro atoms. The minimum atomic E-state index is -0.259. The van der Waals surface area contributed by atoms with Crippen LogP contribution in [0.1, 0.15) is 5.69 Å². The fourth-order valence-electron chi connectivity index (χ4n) is 1.51. The lowest BCUT2D eigenvalue weighted by Crippen LogP contribution is -1.90. The fraction of sp³-hybridized carbons (Fsp3) is 0.200. The Kier molecular flexibility index (Phi) is 2.04. The molecule has 2 aromatic rings. The molecule has 0 fully saturated rings. The quantitative estimate of drug-likeness (QED) is 0.632. The van der Waals surface area contributed by atoms with Crippen LogP contribution in [0, 0.1) is 5.82 Å². The van der Waals surface area contributed by atoms with Crippen LogP contribution in [0.3, 0.4) is 0 Å². The maximum atomic E-state index is 13.5. The van der Waals surface area contributed by atoms with Crippen LogP contribution < -0.4 is 0 Å². The molecule has 14 heavy (non-hydrogen) atoms. The van der Waals surface area contributed by atoms with Crippen molar-refractivity contribution in [1.82, 2.24) is 9.78 Å². The molecule has 0 atom stereocenters. The molecular formula is C10H10FN3. The highest BCUT2D eigenvalue weighted by atomic mass is 19.1. The lowest BCUT2D eigenvalue weighted by molar-refractivity contribution is 0.639. The van der Waals surface area contributed by atoms with Crippen molar-refractivity contribution >= 4 is 17.1 Å². The highest BCUT2D eigenvalue weighted by molar-refractivity contribution is 5.97. The summed E-state index contributed by atoms with van der Waals surface area (Å²) in [6, 6.07) is 4.93. The molecular weight excluding hydrogens is 181 g/mol. The number of hydrogen-bond donors (Lipinski definition) is 0. The monoisotopic (exact) mass is 191 g/mol. The molecule has 0 saturated heterocycles. The van der Waals surface area contributed by atoms with E-state index in [4.69, 9.17) is 0 Å². The van der Waals surface area contributed by atoms with Crippen molar-refractivity contribution in [2.45, 2.75) is 0 Å². The first kappa shape index (κ1) is 8.87. The van der Waals surface area contributed by atoms with E-state index in [2.05, 4.69) is 10.1 Å². The van der Waals surface area contributed by atoms with Crippen molar-refractivity contribution in [2.24, 2.45) is 12.0 Å². The summed E-state index contributed by atoms with van der Waals surface area (Å²) in [7, 11) is 3.43. The van der Waals surface area contributed by atoms with Crippen molar-refractivity contribution in [3.63, 3.8) is 0 Å². The van der Waals surface area contributed by atoms with E-state index in [0.717, 1.165) is 5.52 Å². The van der Waals surface area contributed by atoms with Crippen LogP contribution in [0.2, 0.25) is 0 Å². The Morgan fingerprint density at radius 2 is 2.29 bits per heavy atom. The van der Waals surface area contributed by atoms with Gasteiger partial charge >= 0.3 is 0 Å². The van der Waals surface area contributed by atoms with Crippen LogP contribution in [-0.2, 0) is 7.05 Å². The SMILES string of the molecule is CN=Cc1nn(C)c2cccc(F)c12. The Balaban J connectivity index is 2.85. The van der Waals surface area contributed by atoms with Crippen LogP contribution in [-0.4, -0.2) is 23.0 Å². The molecule has 0 saturated carbocycles. The number of aromatic nitrogens is 2. The first-order valence-electron chi connectivity index (χ1n) is 4.27. The van der Waals surface area contributed by atoms with Gasteiger partial charge in [0.2, 0.25) is 0 Å². The zero-order valence-electron chi connectivity index (χ0n) is 8.03. The summed E-state index contributed by atoms with van der Waals surface area (Å²) in [5.74, 6) is -0.259. The molecule has 4 heteroatoms. The van der Waals surface area contributed by atoms with Gasteiger partial charge in [0.15, 0.2) is 0 Å². The normalized spacial score (nSPS) is 11.6. The topological polar surface area (TPSA) is 30.2 Å². The van der Waals surface area contributed by atoms with Crippen LogP contribution in [0.4, 0.5) is 4.39 Å². The highest BCUT2D eigenvalue weighted by Crippen LogP contribution is 2.19. The second-order valence-electron chi connectivity index (χ2n) is 3.03. The Bertz CT molecular complexity index is 499. The van der Waals surface area contributed by atoms with Gasteiger partial charge in [0.05, 0.1) is 10.9 Å². The average Bonchev–Trinajstić information content (AvgIpc) is 2.46. The van der Waals surface area contributed by atoms with Gasteiger partial charge in [0.25, 0.3) is 0 Å². The molecule has 1 aromatic heterocycles. The van der Waals surface area contributed by atoms with Crippen LogP contribution in [0.15, 0.2) is 23.2 Å². The molecule has 0 radical (unpaired) electrons. The van der Waals surface area contributed by atoms with E-state index >= 15 is 0 Å². The molecule has 0 aliphatic carbocycles. The number of rotatable bonds is 1. The second kappa shape index (κ2) is 3.21. The molecule has 1 aromatic carbocycles. The number of benzene rings is 1. The molecule has 1 heterocycles. The van der Waals surface area contributed by atoms with Crippen molar-refractivity contribution in [3.8, 4) is 0 Å². The van der Waals surface area contributed by atoms with E-state index in [1.54, 1.807) is 31.1 Å². The summed E-state index contributed by atoms with van der Waals surface area (Å²) in [5, 5.41) is 4.70. The Hall–Kier alpha value is -1.71. The van der Waals surface area contributed by atoms with Gasteiger partial charge < -0.3 is 0 Å². The van der Waals surface area contributed by atoms with Gasteiger partial charge in [-0.25, -0.2) is 4.39 Å². The number of nitrogens with zero attached hydrogens (tertiary/aromatic N) is 3. The minimum absolute atomic E-state index is 0.259. The van der Waals surface area contributed by atoms with Gasteiger partial charge in [0.1, 0.15) is 11.5 Å². The van der Waals surface area contributed by atoms with Crippen molar-refractivity contribution in [1.29, 1.82) is 0 Å². The van der Waals surface area contributed by atoms with Crippen molar-refractivity contribution in [2.75, 3.05) is 7.05 Å². The summed E-state index contributed by atoms with van der Waals surface area (Å²) in [6.45, 7) is 0. The molecule has 3 nitrogen and oxygen atoms in total. The number of aryl methyl sites for hydroxylation is 1. The van der Waals surface area contributed by atoms with Crippen molar-refractivity contribution < 1.29 is 4.39 Å². The van der Waals surface area contributed by atoms with Crippen molar-refractivity contribution in [3.05, 3.63) is 29.7 Å². The second-order valence-corrected chi connectivity index (χ2v) is 3.03. The highest BCUT2D eigenvalue weighted by Gasteiger charge is 2.10. The molecule has 0 bridgehead atoms. The molecule has 0 N–H and O–H groups in total.